The minimum Gasteiger partial charge on any atom is -0.497 e. The van der Waals surface area contributed by atoms with Crippen LogP contribution >= 0.6 is 15.9 Å². The van der Waals surface area contributed by atoms with E-state index in [1.807, 2.05) is 18.2 Å². The van der Waals surface area contributed by atoms with Crippen LogP contribution in [0.5, 0.6) is 5.75 Å². The van der Waals surface area contributed by atoms with Gasteiger partial charge in [0.25, 0.3) is 0 Å². The highest BCUT2D eigenvalue weighted by atomic mass is 79.9. The first kappa shape index (κ1) is 14.3. The van der Waals surface area contributed by atoms with Gasteiger partial charge in [-0.05, 0) is 49.7 Å². The first-order chi connectivity index (χ1) is 9.10. The van der Waals surface area contributed by atoms with Crippen molar-refractivity contribution >= 4 is 21.9 Å². The van der Waals surface area contributed by atoms with Crippen LogP contribution in [0.25, 0.3) is 0 Å². The molecule has 0 saturated carbocycles. The molecule has 0 atom stereocenters. The number of methoxy groups -OCH3 is 1. The molecule has 0 spiro atoms. The van der Waals surface area contributed by atoms with E-state index in [-0.39, 0.29) is 5.92 Å². The number of carbonyl (C=O) groups is 1. The molecule has 1 aliphatic rings. The van der Waals surface area contributed by atoms with Gasteiger partial charge < -0.3 is 9.84 Å². The molecule has 0 amide bonds. The highest BCUT2D eigenvalue weighted by molar-refractivity contribution is 9.10. The predicted molar refractivity (Wildman–Crippen MR) is 76.3 cm³/mol. The van der Waals surface area contributed by atoms with Crippen molar-refractivity contribution in [1.29, 1.82) is 0 Å². The molecule has 0 unspecified atom stereocenters. The van der Waals surface area contributed by atoms with Gasteiger partial charge >= 0.3 is 5.97 Å². The maximum absolute atomic E-state index is 10.9. The Balaban J connectivity index is 1.97. The standard InChI is InChI=1S/C14H18BrNO3/c1-19-12-2-3-13(15)11(8-12)9-16-6-4-10(5-7-16)14(17)18/h2-3,8,10H,4-7,9H2,1H3,(H,17,18). The lowest BCUT2D eigenvalue weighted by atomic mass is 9.97. The number of carboxylic acid groups (broad SMARTS) is 1. The van der Waals surface area contributed by atoms with Crippen molar-refractivity contribution in [3.8, 4) is 5.75 Å². The third-order valence-corrected chi connectivity index (χ3v) is 4.36. The molecule has 1 heterocycles. The van der Waals surface area contributed by atoms with E-state index in [0.717, 1.165) is 42.7 Å². The van der Waals surface area contributed by atoms with Crippen LogP contribution in [0.4, 0.5) is 0 Å². The Kier molecular flexibility index (Phi) is 4.82. The molecule has 1 aromatic carbocycles. The van der Waals surface area contributed by atoms with Gasteiger partial charge in [-0.15, -0.1) is 0 Å². The van der Waals surface area contributed by atoms with Gasteiger partial charge in [-0.1, -0.05) is 15.9 Å². The molecule has 1 fully saturated rings. The minimum atomic E-state index is -0.665. The van der Waals surface area contributed by atoms with Crippen molar-refractivity contribution in [3.05, 3.63) is 28.2 Å². The molecule has 1 N–H and O–H groups in total. The molecule has 2 rings (SSSR count). The Hall–Kier alpha value is -1.07. The fourth-order valence-electron chi connectivity index (χ4n) is 2.38. The van der Waals surface area contributed by atoms with Crippen molar-refractivity contribution in [2.75, 3.05) is 20.2 Å². The fraction of sp³-hybridized carbons (Fsp3) is 0.500. The van der Waals surface area contributed by atoms with Gasteiger partial charge in [-0.2, -0.15) is 0 Å². The van der Waals surface area contributed by atoms with E-state index in [4.69, 9.17) is 9.84 Å². The number of carboxylic acids is 1. The molecular weight excluding hydrogens is 310 g/mol. The summed E-state index contributed by atoms with van der Waals surface area (Å²) in [4.78, 5) is 13.2. The number of hydrogen-bond donors (Lipinski definition) is 1. The number of hydrogen-bond acceptors (Lipinski definition) is 3. The van der Waals surface area contributed by atoms with E-state index in [2.05, 4.69) is 20.8 Å². The zero-order valence-corrected chi connectivity index (χ0v) is 12.5. The molecule has 0 aromatic heterocycles. The minimum absolute atomic E-state index is 0.176. The van der Waals surface area contributed by atoms with Crippen LogP contribution in [0.3, 0.4) is 0 Å². The molecular formula is C14H18BrNO3. The molecule has 1 saturated heterocycles. The number of piperidine rings is 1. The van der Waals surface area contributed by atoms with Crippen LogP contribution in [0, 0.1) is 5.92 Å². The van der Waals surface area contributed by atoms with Gasteiger partial charge in [0.1, 0.15) is 5.75 Å². The average Bonchev–Trinajstić information content (AvgIpc) is 2.42. The summed E-state index contributed by atoms with van der Waals surface area (Å²) in [5.74, 6) is 0.00540. The monoisotopic (exact) mass is 327 g/mol. The Morgan fingerprint density at radius 2 is 2.16 bits per heavy atom. The summed E-state index contributed by atoms with van der Waals surface area (Å²) in [6.07, 6.45) is 1.47. The lowest BCUT2D eigenvalue weighted by molar-refractivity contribution is -0.143. The van der Waals surface area contributed by atoms with Gasteiger partial charge in [0.05, 0.1) is 13.0 Å². The average molecular weight is 328 g/mol. The summed E-state index contributed by atoms with van der Waals surface area (Å²) in [6.45, 7) is 2.49. The molecule has 0 radical (unpaired) electrons. The number of likely N-dealkylation sites (tertiary alicyclic amines) is 1. The number of benzene rings is 1. The molecule has 19 heavy (non-hydrogen) atoms. The molecule has 1 aromatic rings. The maximum atomic E-state index is 10.9. The second kappa shape index (κ2) is 6.39. The number of ether oxygens (including phenoxy) is 1. The SMILES string of the molecule is COc1ccc(Br)c(CN2CCC(C(=O)O)CC2)c1. The molecule has 0 bridgehead atoms. The molecule has 1 aliphatic heterocycles. The largest absolute Gasteiger partial charge is 0.497 e. The first-order valence-electron chi connectivity index (χ1n) is 6.37. The van der Waals surface area contributed by atoms with Crippen LogP contribution in [0.2, 0.25) is 0 Å². The van der Waals surface area contributed by atoms with E-state index in [9.17, 15) is 4.79 Å². The van der Waals surface area contributed by atoms with E-state index >= 15 is 0 Å². The van der Waals surface area contributed by atoms with Crippen LogP contribution in [0.1, 0.15) is 18.4 Å². The van der Waals surface area contributed by atoms with Crippen LogP contribution in [-0.4, -0.2) is 36.2 Å². The Bertz CT molecular complexity index is 456. The zero-order chi connectivity index (χ0) is 13.8. The number of aliphatic carboxylic acids is 1. The van der Waals surface area contributed by atoms with Gasteiger partial charge in [-0.3, -0.25) is 9.69 Å². The van der Waals surface area contributed by atoms with Crippen molar-refractivity contribution in [2.24, 2.45) is 5.92 Å². The highest BCUT2D eigenvalue weighted by Gasteiger charge is 2.24. The topological polar surface area (TPSA) is 49.8 Å². The van der Waals surface area contributed by atoms with Gasteiger partial charge in [0.2, 0.25) is 0 Å². The fourth-order valence-corrected chi connectivity index (χ4v) is 2.75. The Morgan fingerprint density at radius 1 is 1.47 bits per heavy atom. The first-order valence-corrected chi connectivity index (χ1v) is 7.17. The normalized spacial score (nSPS) is 17.4. The molecule has 4 nitrogen and oxygen atoms in total. The van der Waals surface area contributed by atoms with E-state index in [0.29, 0.717) is 0 Å². The Morgan fingerprint density at radius 3 is 2.74 bits per heavy atom. The third-order valence-electron chi connectivity index (χ3n) is 3.58. The molecule has 0 aliphatic carbocycles. The van der Waals surface area contributed by atoms with Gasteiger partial charge in [-0.25, -0.2) is 0 Å². The summed E-state index contributed by atoms with van der Waals surface area (Å²) in [7, 11) is 1.66. The van der Waals surface area contributed by atoms with Crippen LogP contribution in [0.15, 0.2) is 22.7 Å². The molecule has 5 heteroatoms. The summed E-state index contributed by atoms with van der Waals surface area (Å²) >= 11 is 3.55. The van der Waals surface area contributed by atoms with Crippen molar-refractivity contribution in [2.45, 2.75) is 19.4 Å². The zero-order valence-electron chi connectivity index (χ0n) is 10.9. The number of nitrogens with zero attached hydrogens (tertiary/aromatic N) is 1. The second-order valence-electron chi connectivity index (χ2n) is 4.85. The number of halogens is 1. The molecule has 104 valence electrons. The highest BCUT2D eigenvalue weighted by Crippen LogP contribution is 2.26. The lowest BCUT2D eigenvalue weighted by Gasteiger charge is -2.30. The summed E-state index contributed by atoms with van der Waals surface area (Å²) in [5, 5.41) is 8.98. The van der Waals surface area contributed by atoms with Crippen LogP contribution < -0.4 is 4.74 Å². The Labute approximate surface area is 121 Å². The van der Waals surface area contributed by atoms with Crippen LogP contribution in [-0.2, 0) is 11.3 Å². The van der Waals surface area contributed by atoms with E-state index in [1.165, 1.54) is 5.56 Å². The van der Waals surface area contributed by atoms with Gasteiger partial charge in [0.15, 0.2) is 0 Å². The third kappa shape index (κ3) is 3.70. The summed E-state index contributed by atoms with van der Waals surface area (Å²) < 4.78 is 6.29. The van der Waals surface area contributed by atoms with Crippen molar-refractivity contribution in [3.63, 3.8) is 0 Å². The lowest BCUT2D eigenvalue weighted by Crippen LogP contribution is -2.35. The van der Waals surface area contributed by atoms with Gasteiger partial charge in [0, 0.05) is 11.0 Å². The smallest absolute Gasteiger partial charge is 0.306 e. The summed E-state index contributed by atoms with van der Waals surface area (Å²) in [5.41, 5.74) is 1.17. The van der Waals surface area contributed by atoms with E-state index < -0.39 is 5.97 Å². The second-order valence-corrected chi connectivity index (χ2v) is 5.70. The van der Waals surface area contributed by atoms with E-state index in [1.54, 1.807) is 7.11 Å². The van der Waals surface area contributed by atoms with Crippen molar-refractivity contribution in [1.82, 2.24) is 4.90 Å². The summed E-state index contributed by atoms with van der Waals surface area (Å²) in [6, 6.07) is 5.93. The quantitative estimate of drug-likeness (QED) is 0.923. The maximum Gasteiger partial charge on any atom is 0.306 e. The predicted octanol–water partition coefficient (Wildman–Crippen LogP) is 2.75. The van der Waals surface area contributed by atoms with Crippen molar-refractivity contribution < 1.29 is 14.6 Å². The number of rotatable bonds is 4.